The minimum Gasteiger partial charge on any atom is -0.352 e. The van der Waals surface area contributed by atoms with Gasteiger partial charge in [-0.25, -0.2) is 8.42 Å². The molecule has 0 spiro atoms. The molecule has 2 unspecified atom stereocenters. The van der Waals surface area contributed by atoms with Crippen molar-refractivity contribution in [2.75, 3.05) is 11.5 Å². The minimum absolute atomic E-state index is 0.0214. The van der Waals surface area contributed by atoms with Crippen molar-refractivity contribution in [1.82, 2.24) is 5.32 Å². The number of benzene rings is 1. The molecular weight excluding hydrogens is 372 g/mol. The predicted octanol–water partition coefficient (Wildman–Crippen LogP) is 2.18. The third-order valence-electron chi connectivity index (χ3n) is 5.61. The topological polar surface area (TPSA) is 89.3 Å². The van der Waals surface area contributed by atoms with E-state index in [0.717, 1.165) is 5.56 Å². The lowest BCUT2D eigenvalue weighted by atomic mass is 9.75. The smallest absolute Gasteiger partial charge is 0.226 e. The summed E-state index contributed by atoms with van der Waals surface area (Å²) in [6, 6.07) is 7.44. The summed E-state index contributed by atoms with van der Waals surface area (Å²) in [4.78, 5) is 13.0. The van der Waals surface area contributed by atoms with Crippen LogP contribution >= 0.6 is 11.6 Å². The molecule has 1 heterocycles. The first kappa shape index (κ1) is 19.6. The van der Waals surface area contributed by atoms with E-state index in [1.54, 1.807) is 0 Å². The number of nitrogens with one attached hydrogen (secondary N) is 1. The fourth-order valence-corrected chi connectivity index (χ4v) is 6.78. The molecule has 2 bridgehead atoms. The Bertz CT molecular complexity index is 772. The Hall–Kier alpha value is -1.11. The van der Waals surface area contributed by atoms with Gasteiger partial charge in [0, 0.05) is 22.5 Å². The van der Waals surface area contributed by atoms with E-state index < -0.39 is 15.3 Å². The fraction of sp³-hybridized carbons (Fsp3) is 0.632. The molecule has 5 nitrogen and oxygen atoms in total. The van der Waals surface area contributed by atoms with Crippen LogP contribution in [0.15, 0.2) is 24.3 Å². The van der Waals surface area contributed by atoms with Gasteiger partial charge >= 0.3 is 0 Å². The number of amides is 1. The van der Waals surface area contributed by atoms with Gasteiger partial charge in [0.05, 0.1) is 11.5 Å². The average molecular weight is 399 g/mol. The van der Waals surface area contributed by atoms with Gasteiger partial charge in [-0.1, -0.05) is 37.6 Å². The summed E-state index contributed by atoms with van der Waals surface area (Å²) in [5.74, 6) is 0.0161. The summed E-state index contributed by atoms with van der Waals surface area (Å²) < 4.78 is 24.2. The monoisotopic (exact) mass is 398 g/mol. The Morgan fingerprint density at radius 1 is 1.27 bits per heavy atom. The number of rotatable bonds is 4. The number of carbonyl (C=O) groups is 1. The van der Waals surface area contributed by atoms with Crippen molar-refractivity contribution in [3.05, 3.63) is 34.9 Å². The lowest BCUT2D eigenvalue weighted by molar-refractivity contribution is -0.131. The number of fused-ring (bicyclic) bond motifs is 2. The molecule has 3 N–H and O–H groups in total. The van der Waals surface area contributed by atoms with Gasteiger partial charge in [0.15, 0.2) is 9.84 Å². The van der Waals surface area contributed by atoms with Crippen molar-refractivity contribution in [3.63, 3.8) is 0 Å². The van der Waals surface area contributed by atoms with Crippen LogP contribution in [-0.4, -0.2) is 37.9 Å². The van der Waals surface area contributed by atoms with E-state index in [2.05, 4.69) is 5.32 Å². The molecule has 1 saturated heterocycles. The Morgan fingerprint density at radius 2 is 1.88 bits per heavy atom. The normalized spacial score (nSPS) is 30.6. The number of hydrogen-bond acceptors (Lipinski definition) is 4. The molecule has 3 rings (SSSR count). The van der Waals surface area contributed by atoms with Gasteiger partial charge in [0.25, 0.3) is 0 Å². The van der Waals surface area contributed by atoms with Crippen molar-refractivity contribution in [3.8, 4) is 0 Å². The molecule has 2 atom stereocenters. The SMILES string of the molecule is CC(C)(Cc1cccc(Cl)c1)C(=O)NC1C2CC(N)CC1CS(=O)(=O)C2. The van der Waals surface area contributed by atoms with Crippen LogP contribution in [0.4, 0.5) is 0 Å². The van der Waals surface area contributed by atoms with E-state index in [1.165, 1.54) is 0 Å². The molecule has 1 amide bonds. The lowest BCUT2D eigenvalue weighted by Gasteiger charge is -2.45. The summed E-state index contributed by atoms with van der Waals surface area (Å²) in [6.45, 7) is 3.81. The second-order valence-electron chi connectivity index (χ2n) is 8.52. The number of hydrogen-bond donors (Lipinski definition) is 2. The maximum absolute atomic E-state index is 13.0. The standard InChI is InChI=1S/C19H27ClN2O3S/c1-19(2,9-12-4-3-5-15(20)6-12)18(23)22-17-13-7-16(21)8-14(17)11-26(24,25)10-13/h3-6,13-14,16-17H,7-11,21H2,1-2H3,(H,22,23). The van der Waals surface area contributed by atoms with Crippen LogP contribution in [0, 0.1) is 17.3 Å². The Kier molecular flexibility index (Phi) is 5.39. The van der Waals surface area contributed by atoms with E-state index in [-0.39, 0.29) is 41.3 Å². The maximum Gasteiger partial charge on any atom is 0.226 e. The molecule has 2 fully saturated rings. The van der Waals surface area contributed by atoms with Crippen LogP contribution in [0.2, 0.25) is 5.02 Å². The summed E-state index contributed by atoms with van der Waals surface area (Å²) in [6.07, 6.45) is 1.87. The van der Waals surface area contributed by atoms with E-state index >= 15 is 0 Å². The average Bonchev–Trinajstić information content (AvgIpc) is 2.47. The Labute approximate surface area is 160 Å². The van der Waals surface area contributed by atoms with Gasteiger partial charge in [-0.3, -0.25) is 4.79 Å². The van der Waals surface area contributed by atoms with Crippen molar-refractivity contribution in [2.45, 2.75) is 45.2 Å². The molecule has 0 radical (unpaired) electrons. The van der Waals surface area contributed by atoms with Crippen LogP contribution in [0.25, 0.3) is 0 Å². The highest BCUT2D eigenvalue weighted by molar-refractivity contribution is 7.91. The molecule has 2 aliphatic rings. The highest BCUT2D eigenvalue weighted by atomic mass is 35.5. The Morgan fingerprint density at radius 3 is 2.46 bits per heavy atom. The molecule has 26 heavy (non-hydrogen) atoms. The summed E-state index contributed by atoms with van der Waals surface area (Å²) in [7, 11) is -3.04. The van der Waals surface area contributed by atoms with E-state index in [4.69, 9.17) is 17.3 Å². The molecule has 144 valence electrons. The highest BCUT2D eigenvalue weighted by Crippen LogP contribution is 2.36. The molecule has 1 aromatic rings. The number of nitrogens with two attached hydrogens (primary N) is 1. The predicted molar refractivity (Wildman–Crippen MR) is 104 cm³/mol. The number of halogens is 1. The zero-order valence-electron chi connectivity index (χ0n) is 15.2. The zero-order valence-corrected chi connectivity index (χ0v) is 16.8. The van der Waals surface area contributed by atoms with Gasteiger partial charge in [0.2, 0.25) is 5.91 Å². The molecule has 1 saturated carbocycles. The van der Waals surface area contributed by atoms with Gasteiger partial charge in [0.1, 0.15) is 0 Å². The first-order chi connectivity index (χ1) is 12.1. The van der Waals surface area contributed by atoms with Crippen LogP contribution in [0.5, 0.6) is 0 Å². The molecule has 0 aromatic heterocycles. The van der Waals surface area contributed by atoms with Gasteiger partial charge in [-0.05, 0) is 48.8 Å². The number of sulfone groups is 1. The van der Waals surface area contributed by atoms with Crippen LogP contribution in [-0.2, 0) is 21.1 Å². The fourth-order valence-electron chi connectivity index (χ4n) is 4.44. The first-order valence-corrected chi connectivity index (χ1v) is 11.3. The van der Waals surface area contributed by atoms with Gasteiger partial charge in [-0.2, -0.15) is 0 Å². The third kappa shape index (κ3) is 4.41. The molecule has 1 aliphatic carbocycles. The van der Waals surface area contributed by atoms with E-state index in [1.807, 2.05) is 38.1 Å². The lowest BCUT2D eigenvalue weighted by Crippen LogP contribution is -2.60. The first-order valence-electron chi connectivity index (χ1n) is 9.07. The van der Waals surface area contributed by atoms with Crippen LogP contribution in [0.1, 0.15) is 32.3 Å². The van der Waals surface area contributed by atoms with Crippen molar-refractivity contribution >= 4 is 27.3 Å². The molecule has 7 heteroatoms. The Balaban J connectivity index is 1.72. The summed E-state index contributed by atoms with van der Waals surface area (Å²) in [5, 5.41) is 3.81. The molecular formula is C19H27ClN2O3S. The largest absolute Gasteiger partial charge is 0.352 e. The quantitative estimate of drug-likeness (QED) is 0.813. The minimum atomic E-state index is -3.04. The van der Waals surface area contributed by atoms with Crippen molar-refractivity contribution in [2.24, 2.45) is 23.0 Å². The maximum atomic E-state index is 13.0. The van der Waals surface area contributed by atoms with Crippen LogP contribution < -0.4 is 11.1 Å². The van der Waals surface area contributed by atoms with E-state index in [9.17, 15) is 13.2 Å². The molecule has 1 aliphatic heterocycles. The van der Waals surface area contributed by atoms with Crippen molar-refractivity contribution in [1.29, 1.82) is 0 Å². The third-order valence-corrected chi connectivity index (χ3v) is 7.72. The molecule has 1 aromatic carbocycles. The summed E-state index contributed by atoms with van der Waals surface area (Å²) >= 11 is 6.04. The van der Waals surface area contributed by atoms with Gasteiger partial charge in [-0.15, -0.1) is 0 Å². The number of carbonyl (C=O) groups excluding carboxylic acids is 1. The zero-order chi connectivity index (χ0) is 19.1. The van der Waals surface area contributed by atoms with Gasteiger partial charge < -0.3 is 11.1 Å². The highest BCUT2D eigenvalue weighted by Gasteiger charge is 2.46. The second-order valence-corrected chi connectivity index (χ2v) is 11.1. The summed E-state index contributed by atoms with van der Waals surface area (Å²) in [5.41, 5.74) is 6.48. The second kappa shape index (κ2) is 7.13. The van der Waals surface area contributed by atoms with E-state index in [0.29, 0.717) is 24.3 Å². The van der Waals surface area contributed by atoms with Crippen LogP contribution in [0.3, 0.4) is 0 Å². The van der Waals surface area contributed by atoms with Crippen molar-refractivity contribution < 1.29 is 13.2 Å².